The Labute approximate surface area is 174 Å². The van der Waals surface area contributed by atoms with Gasteiger partial charge in [-0.05, 0) is 19.8 Å². The van der Waals surface area contributed by atoms with Gasteiger partial charge in [0.25, 0.3) is 0 Å². The van der Waals surface area contributed by atoms with Crippen molar-refractivity contribution >= 4 is 41.3 Å². The normalized spacial score (nSPS) is 11.5. The predicted molar refractivity (Wildman–Crippen MR) is 120 cm³/mol. The first kappa shape index (κ1) is 24.6. The number of rotatable bonds is 12. The molecule has 0 spiro atoms. The summed E-state index contributed by atoms with van der Waals surface area (Å²) >= 11 is 1.75. The fourth-order valence-corrected chi connectivity index (χ4v) is 2.93. The number of hydrogen-bond donors (Lipinski definition) is 2. The topological polar surface area (TPSA) is 58.5 Å². The third kappa shape index (κ3) is 11.8. The predicted octanol–water partition coefficient (Wildman–Crippen LogP) is 4.19. The lowest BCUT2D eigenvalue weighted by molar-refractivity contribution is 0.130. The molecule has 0 unspecified atom stereocenters. The number of halogens is 1. The van der Waals surface area contributed by atoms with Crippen molar-refractivity contribution in [1.29, 1.82) is 0 Å². The summed E-state index contributed by atoms with van der Waals surface area (Å²) in [6.45, 7) is 12.8. The van der Waals surface area contributed by atoms with E-state index in [1.165, 1.54) is 11.4 Å². The van der Waals surface area contributed by atoms with Gasteiger partial charge >= 0.3 is 0 Å². The maximum atomic E-state index is 5.56. The largest absolute Gasteiger partial charge is 0.381 e. The summed E-state index contributed by atoms with van der Waals surface area (Å²) in [5.74, 6) is 1.39. The minimum absolute atomic E-state index is 0. The number of aromatic nitrogens is 1. The molecule has 0 saturated heterocycles. The van der Waals surface area contributed by atoms with Crippen LogP contribution in [0.3, 0.4) is 0 Å². The summed E-state index contributed by atoms with van der Waals surface area (Å²) < 4.78 is 5.56. The van der Waals surface area contributed by atoms with E-state index < -0.39 is 0 Å². The van der Waals surface area contributed by atoms with E-state index >= 15 is 0 Å². The molecule has 0 saturated carbocycles. The number of nitrogens with one attached hydrogen (secondary N) is 2. The molecule has 0 radical (unpaired) electrons. The number of ether oxygens (including phenoxy) is 1. The Balaban J connectivity index is 0.00000576. The highest BCUT2D eigenvalue weighted by Crippen LogP contribution is 2.19. The molecule has 2 N–H and O–H groups in total. The number of guanidine groups is 1. The number of nitrogens with zero attached hydrogens (tertiary/aromatic N) is 2. The Hall–Kier alpha value is -0.410. The Morgan fingerprint density at radius 1 is 1.24 bits per heavy atom. The van der Waals surface area contributed by atoms with Crippen LogP contribution in [-0.4, -0.2) is 43.8 Å². The summed E-state index contributed by atoms with van der Waals surface area (Å²) in [4.78, 5) is 9.26. The molecular formula is C18H35IN4OS. The third-order valence-corrected chi connectivity index (χ3v) is 4.63. The Morgan fingerprint density at radius 2 is 2.00 bits per heavy atom. The number of hydrogen-bond acceptors (Lipinski definition) is 4. The first-order valence-corrected chi connectivity index (χ1v) is 10.1. The van der Waals surface area contributed by atoms with Crippen molar-refractivity contribution in [3.63, 3.8) is 0 Å². The first-order chi connectivity index (χ1) is 11.7. The molecule has 7 heteroatoms. The third-order valence-electron chi connectivity index (χ3n) is 3.44. The minimum Gasteiger partial charge on any atom is -0.381 e. The maximum Gasteiger partial charge on any atom is 0.191 e. The van der Waals surface area contributed by atoms with Gasteiger partial charge in [-0.15, -0.1) is 35.3 Å². The van der Waals surface area contributed by atoms with Crippen molar-refractivity contribution < 1.29 is 4.74 Å². The molecule has 0 atom stereocenters. The SMILES string of the molecule is CCCCOCCCN=C(NCC)NCCc1csc(C(C)C)n1.I. The molecule has 5 nitrogen and oxygen atoms in total. The lowest BCUT2D eigenvalue weighted by Crippen LogP contribution is -2.38. The quantitative estimate of drug-likeness (QED) is 0.203. The molecule has 25 heavy (non-hydrogen) atoms. The van der Waals surface area contributed by atoms with Crippen LogP contribution in [0.15, 0.2) is 10.4 Å². The van der Waals surface area contributed by atoms with Gasteiger partial charge in [-0.1, -0.05) is 27.2 Å². The van der Waals surface area contributed by atoms with Gasteiger partial charge in [0, 0.05) is 50.6 Å². The molecule has 0 fully saturated rings. The van der Waals surface area contributed by atoms with Crippen LogP contribution in [0, 0.1) is 0 Å². The fourth-order valence-electron chi connectivity index (χ4n) is 2.06. The molecule has 0 bridgehead atoms. The van der Waals surface area contributed by atoms with Crippen LogP contribution >= 0.6 is 35.3 Å². The van der Waals surface area contributed by atoms with Gasteiger partial charge in [-0.25, -0.2) is 4.98 Å². The Morgan fingerprint density at radius 3 is 2.64 bits per heavy atom. The van der Waals surface area contributed by atoms with Crippen molar-refractivity contribution in [3.8, 4) is 0 Å². The van der Waals surface area contributed by atoms with Crippen LogP contribution in [0.4, 0.5) is 0 Å². The lowest BCUT2D eigenvalue weighted by Gasteiger charge is -2.10. The van der Waals surface area contributed by atoms with Crippen LogP contribution in [0.2, 0.25) is 0 Å². The van der Waals surface area contributed by atoms with Gasteiger partial charge in [0.2, 0.25) is 0 Å². The molecule has 1 rings (SSSR count). The summed E-state index contributed by atoms with van der Waals surface area (Å²) in [5.41, 5.74) is 1.16. The number of aliphatic imine (C=N–C) groups is 1. The number of thiazole rings is 1. The van der Waals surface area contributed by atoms with E-state index in [0.29, 0.717) is 5.92 Å². The van der Waals surface area contributed by atoms with Crippen molar-refractivity contribution in [1.82, 2.24) is 15.6 Å². The highest BCUT2D eigenvalue weighted by molar-refractivity contribution is 14.0. The molecule has 0 aromatic carbocycles. The Bertz CT molecular complexity index is 466. The van der Waals surface area contributed by atoms with E-state index in [4.69, 9.17) is 4.74 Å². The van der Waals surface area contributed by atoms with E-state index in [0.717, 1.165) is 63.8 Å². The molecular weight excluding hydrogens is 447 g/mol. The highest BCUT2D eigenvalue weighted by Gasteiger charge is 2.05. The van der Waals surface area contributed by atoms with Gasteiger partial charge in [0.15, 0.2) is 5.96 Å². The van der Waals surface area contributed by atoms with Crippen LogP contribution in [0.25, 0.3) is 0 Å². The second-order valence-corrected chi connectivity index (χ2v) is 6.98. The molecule has 1 aromatic rings. The molecule has 1 heterocycles. The lowest BCUT2D eigenvalue weighted by atomic mass is 10.2. The van der Waals surface area contributed by atoms with Gasteiger partial charge in [-0.3, -0.25) is 4.99 Å². The van der Waals surface area contributed by atoms with Crippen molar-refractivity contribution in [2.75, 3.05) is 32.8 Å². The summed E-state index contributed by atoms with van der Waals surface area (Å²) in [7, 11) is 0. The second kappa shape index (κ2) is 15.8. The van der Waals surface area contributed by atoms with Crippen molar-refractivity contribution in [2.24, 2.45) is 4.99 Å². The molecule has 1 aromatic heterocycles. The highest BCUT2D eigenvalue weighted by atomic mass is 127. The standard InChI is InChI=1S/C18H34N4OS.HI/c1-5-7-12-23-13-8-10-20-18(19-6-2)21-11-9-16-14-24-17(22-16)15(3)4;/h14-15H,5-13H2,1-4H3,(H2,19,20,21);1H. The molecule has 0 aliphatic heterocycles. The van der Waals surface area contributed by atoms with E-state index in [-0.39, 0.29) is 24.0 Å². The van der Waals surface area contributed by atoms with Gasteiger partial charge in [0.1, 0.15) is 0 Å². The van der Waals surface area contributed by atoms with Crippen LogP contribution in [0.1, 0.15) is 63.6 Å². The minimum atomic E-state index is 0. The Kier molecular flexibility index (Phi) is 15.6. The van der Waals surface area contributed by atoms with E-state index in [9.17, 15) is 0 Å². The van der Waals surface area contributed by atoms with Gasteiger partial charge in [0.05, 0.1) is 10.7 Å². The average molecular weight is 482 g/mol. The molecule has 0 aliphatic carbocycles. The number of unbranched alkanes of at least 4 members (excludes halogenated alkanes) is 1. The zero-order chi connectivity index (χ0) is 17.6. The zero-order valence-electron chi connectivity index (χ0n) is 16.1. The molecule has 0 amide bonds. The van der Waals surface area contributed by atoms with Crippen molar-refractivity contribution in [2.45, 2.75) is 59.3 Å². The van der Waals surface area contributed by atoms with E-state index in [1.54, 1.807) is 11.3 Å². The van der Waals surface area contributed by atoms with E-state index in [2.05, 4.69) is 53.7 Å². The molecule has 146 valence electrons. The monoisotopic (exact) mass is 482 g/mol. The summed E-state index contributed by atoms with van der Waals surface area (Å²) in [6, 6.07) is 0. The smallest absolute Gasteiger partial charge is 0.191 e. The van der Waals surface area contributed by atoms with Crippen LogP contribution in [0.5, 0.6) is 0 Å². The maximum absolute atomic E-state index is 5.56. The van der Waals surface area contributed by atoms with Crippen LogP contribution in [-0.2, 0) is 11.2 Å². The van der Waals surface area contributed by atoms with Gasteiger partial charge in [-0.2, -0.15) is 0 Å². The summed E-state index contributed by atoms with van der Waals surface area (Å²) in [5, 5.41) is 10.0. The first-order valence-electron chi connectivity index (χ1n) is 9.21. The van der Waals surface area contributed by atoms with Crippen molar-refractivity contribution in [3.05, 3.63) is 16.1 Å². The van der Waals surface area contributed by atoms with Crippen LogP contribution < -0.4 is 10.6 Å². The summed E-state index contributed by atoms with van der Waals surface area (Å²) in [6.07, 6.45) is 4.21. The van der Waals surface area contributed by atoms with Gasteiger partial charge < -0.3 is 15.4 Å². The van der Waals surface area contributed by atoms with E-state index in [1.807, 2.05) is 0 Å². The average Bonchev–Trinajstić information content (AvgIpc) is 3.03. The fraction of sp³-hybridized carbons (Fsp3) is 0.778. The zero-order valence-corrected chi connectivity index (χ0v) is 19.3. The second-order valence-electron chi connectivity index (χ2n) is 6.09. The molecule has 0 aliphatic rings.